The maximum Gasteiger partial charge on any atom is 0.231 e. The molecule has 0 saturated carbocycles. The van der Waals surface area contributed by atoms with E-state index in [0.717, 1.165) is 5.56 Å². The first-order valence-corrected chi connectivity index (χ1v) is 6.09. The summed E-state index contributed by atoms with van der Waals surface area (Å²) in [6.45, 7) is 7.53. The fourth-order valence-electron chi connectivity index (χ4n) is 1.59. The molecule has 1 aromatic rings. The number of anilines is 1. The molecule has 0 aromatic heterocycles. The molecule has 1 aromatic carbocycles. The maximum absolute atomic E-state index is 12.1. The van der Waals surface area contributed by atoms with Crippen LogP contribution in [0.5, 0.6) is 11.5 Å². The van der Waals surface area contributed by atoms with E-state index in [4.69, 9.17) is 9.47 Å². The summed E-state index contributed by atoms with van der Waals surface area (Å²) < 4.78 is 10.6. The van der Waals surface area contributed by atoms with Gasteiger partial charge in [-0.15, -0.1) is 5.92 Å². The molecule has 19 heavy (non-hydrogen) atoms. The molecule has 0 bridgehead atoms. The van der Waals surface area contributed by atoms with Gasteiger partial charge in [0, 0.05) is 17.5 Å². The van der Waals surface area contributed by atoms with Gasteiger partial charge in [-0.1, -0.05) is 26.7 Å². The largest absolute Gasteiger partial charge is 0.454 e. The van der Waals surface area contributed by atoms with Crippen molar-refractivity contribution in [3.8, 4) is 23.3 Å². The number of amides is 1. The third kappa shape index (κ3) is 2.82. The molecule has 0 spiro atoms. The first-order valence-electron chi connectivity index (χ1n) is 6.09. The Morgan fingerprint density at radius 1 is 1.26 bits per heavy atom. The number of fused-ring (bicyclic) bond motifs is 1. The van der Waals surface area contributed by atoms with Crippen LogP contribution in [-0.4, -0.2) is 12.7 Å². The topological polar surface area (TPSA) is 47.6 Å². The summed E-state index contributed by atoms with van der Waals surface area (Å²) in [5.74, 6) is 7.02. The van der Waals surface area contributed by atoms with Gasteiger partial charge >= 0.3 is 0 Å². The monoisotopic (exact) mass is 259 g/mol. The van der Waals surface area contributed by atoms with Crippen LogP contribution in [0.2, 0.25) is 0 Å². The average Bonchev–Trinajstić information content (AvgIpc) is 2.75. The van der Waals surface area contributed by atoms with Gasteiger partial charge < -0.3 is 14.8 Å². The van der Waals surface area contributed by atoms with Crippen LogP contribution in [0.4, 0.5) is 5.69 Å². The Kier molecular flexibility index (Phi) is 3.39. The van der Waals surface area contributed by atoms with Crippen LogP contribution in [0.3, 0.4) is 0 Å². The lowest BCUT2D eigenvalue weighted by molar-refractivity contribution is -0.123. The van der Waals surface area contributed by atoms with Crippen molar-refractivity contribution in [2.75, 3.05) is 12.1 Å². The number of carbonyl (C=O) groups excluding carboxylic acids is 1. The molecule has 2 rings (SSSR count). The lowest BCUT2D eigenvalue weighted by Gasteiger charge is -2.18. The molecule has 0 unspecified atom stereocenters. The summed E-state index contributed by atoms with van der Waals surface area (Å²) in [5.41, 5.74) is 0.913. The minimum absolute atomic E-state index is 0.0643. The highest BCUT2D eigenvalue weighted by molar-refractivity contribution is 5.96. The Balaban J connectivity index is 2.38. The summed E-state index contributed by atoms with van der Waals surface area (Å²) >= 11 is 0. The fraction of sp³-hybridized carbons (Fsp3) is 0.400. The van der Waals surface area contributed by atoms with E-state index in [9.17, 15) is 4.79 Å². The van der Waals surface area contributed by atoms with Crippen molar-refractivity contribution in [2.24, 2.45) is 5.41 Å². The lowest BCUT2D eigenvalue weighted by atomic mass is 9.95. The van der Waals surface area contributed by atoms with Crippen LogP contribution in [0.1, 0.15) is 33.3 Å². The number of hydrogen-bond donors (Lipinski definition) is 1. The Morgan fingerprint density at radius 3 is 2.47 bits per heavy atom. The Bertz CT molecular complexity index is 574. The zero-order chi connectivity index (χ0) is 14.0. The van der Waals surface area contributed by atoms with E-state index >= 15 is 0 Å². The molecular weight excluding hydrogens is 242 g/mol. The van der Waals surface area contributed by atoms with Crippen molar-refractivity contribution in [3.05, 3.63) is 17.7 Å². The van der Waals surface area contributed by atoms with Gasteiger partial charge in [-0.2, -0.15) is 0 Å². The number of hydrogen-bond acceptors (Lipinski definition) is 3. The van der Waals surface area contributed by atoms with Gasteiger partial charge in [0.25, 0.3) is 0 Å². The second kappa shape index (κ2) is 4.85. The van der Waals surface area contributed by atoms with E-state index in [2.05, 4.69) is 17.2 Å². The molecule has 1 N–H and O–H groups in total. The fourth-order valence-corrected chi connectivity index (χ4v) is 1.59. The third-order valence-corrected chi connectivity index (χ3v) is 2.70. The predicted octanol–water partition coefficient (Wildman–Crippen LogP) is 2.77. The van der Waals surface area contributed by atoms with Crippen LogP contribution in [-0.2, 0) is 4.79 Å². The van der Waals surface area contributed by atoms with Crippen molar-refractivity contribution in [1.29, 1.82) is 0 Å². The SMILES string of the molecule is CC#Cc1cc2c(cc1NC(=O)C(C)(C)C)OCO2. The second-order valence-electron chi connectivity index (χ2n) is 5.33. The van der Waals surface area contributed by atoms with Crippen LogP contribution in [0, 0.1) is 17.3 Å². The summed E-state index contributed by atoms with van der Waals surface area (Å²) in [5, 5.41) is 2.89. The van der Waals surface area contributed by atoms with Gasteiger partial charge in [0.1, 0.15) is 0 Å². The number of ether oxygens (including phenoxy) is 2. The summed E-state index contributed by atoms with van der Waals surface area (Å²) in [6.07, 6.45) is 0. The molecular formula is C15H17NO3. The van der Waals surface area contributed by atoms with Crippen molar-refractivity contribution >= 4 is 11.6 Å². The maximum atomic E-state index is 12.1. The van der Waals surface area contributed by atoms with Crippen LogP contribution >= 0.6 is 0 Å². The molecule has 1 amide bonds. The first kappa shape index (κ1) is 13.3. The summed E-state index contributed by atoms with van der Waals surface area (Å²) in [6, 6.07) is 3.54. The highest BCUT2D eigenvalue weighted by Gasteiger charge is 2.23. The van der Waals surface area contributed by atoms with E-state index in [1.165, 1.54) is 0 Å². The Hall–Kier alpha value is -2.15. The molecule has 0 fully saturated rings. The molecule has 1 heterocycles. The smallest absolute Gasteiger partial charge is 0.231 e. The molecule has 1 aliphatic rings. The van der Waals surface area contributed by atoms with Crippen molar-refractivity contribution in [1.82, 2.24) is 0 Å². The van der Waals surface area contributed by atoms with Gasteiger partial charge in [0.15, 0.2) is 11.5 Å². The molecule has 0 radical (unpaired) electrons. The zero-order valence-electron chi connectivity index (χ0n) is 11.6. The van der Waals surface area contributed by atoms with Crippen LogP contribution in [0.25, 0.3) is 0 Å². The van der Waals surface area contributed by atoms with E-state index in [1.807, 2.05) is 20.8 Å². The van der Waals surface area contributed by atoms with Crippen molar-refractivity contribution < 1.29 is 14.3 Å². The van der Waals surface area contributed by atoms with Crippen LogP contribution < -0.4 is 14.8 Å². The number of rotatable bonds is 1. The molecule has 0 atom stereocenters. The minimum Gasteiger partial charge on any atom is -0.454 e. The minimum atomic E-state index is -0.465. The molecule has 1 aliphatic heterocycles. The van der Waals surface area contributed by atoms with Crippen molar-refractivity contribution in [3.63, 3.8) is 0 Å². The summed E-state index contributed by atoms with van der Waals surface area (Å²) in [4.78, 5) is 12.1. The van der Waals surface area contributed by atoms with Crippen molar-refractivity contribution in [2.45, 2.75) is 27.7 Å². The van der Waals surface area contributed by atoms with Gasteiger partial charge in [0.2, 0.25) is 12.7 Å². The van der Waals surface area contributed by atoms with Gasteiger partial charge in [-0.3, -0.25) is 4.79 Å². The van der Waals surface area contributed by atoms with Gasteiger partial charge in [0.05, 0.1) is 11.3 Å². The Morgan fingerprint density at radius 2 is 1.89 bits per heavy atom. The highest BCUT2D eigenvalue weighted by atomic mass is 16.7. The molecule has 0 aliphatic carbocycles. The second-order valence-corrected chi connectivity index (χ2v) is 5.33. The normalized spacial score (nSPS) is 12.6. The number of benzene rings is 1. The third-order valence-electron chi connectivity index (χ3n) is 2.70. The molecule has 4 heteroatoms. The predicted molar refractivity (Wildman–Crippen MR) is 73.2 cm³/mol. The first-order chi connectivity index (χ1) is 8.91. The van der Waals surface area contributed by atoms with Gasteiger partial charge in [-0.05, 0) is 6.92 Å². The number of carbonyl (C=O) groups is 1. The quantitative estimate of drug-likeness (QED) is 0.789. The number of nitrogens with one attached hydrogen (secondary N) is 1. The van der Waals surface area contributed by atoms with E-state index in [1.54, 1.807) is 19.1 Å². The highest BCUT2D eigenvalue weighted by Crippen LogP contribution is 2.37. The molecule has 100 valence electrons. The zero-order valence-corrected chi connectivity index (χ0v) is 11.6. The average molecular weight is 259 g/mol. The van der Waals surface area contributed by atoms with E-state index < -0.39 is 5.41 Å². The van der Waals surface area contributed by atoms with E-state index in [0.29, 0.717) is 17.2 Å². The van der Waals surface area contributed by atoms with Crippen LogP contribution in [0.15, 0.2) is 12.1 Å². The molecule has 0 saturated heterocycles. The van der Waals surface area contributed by atoms with Gasteiger partial charge in [-0.25, -0.2) is 0 Å². The lowest BCUT2D eigenvalue weighted by Crippen LogP contribution is -2.27. The standard InChI is InChI=1S/C15H17NO3/c1-5-6-10-7-12-13(19-9-18-12)8-11(10)16-14(17)15(2,3)4/h7-8H,9H2,1-4H3,(H,16,17). The Labute approximate surface area is 113 Å². The molecule has 4 nitrogen and oxygen atoms in total. The summed E-state index contributed by atoms with van der Waals surface area (Å²) in [7, 11) is 0. The van der Waals surface area contributed by atoms with E-state index in [-0.39, 0.29) is 12.7 Å².